The monoisotopic (exact) mass is 300 g/mol. The minimum Gasteiger partial charge on any atom is -0.379 e. The molecule has 128 valence electrons. The molecule has 3 unspecified atom stereocenters. The fraction of sp³-hybridized carbons (Fsp3) is 1.00. The van der Waals surface area contributed by atoms with E-state index in [1.807, 2.05) is 0 Å². The molecule has 3 atom stereocenters. The van der Waals surface area contributed by atoms with Crippen LogP contribution in [0.5, 0.6) is 0 Å². The zero-order valence-electron chi connectivity index (χ0n) is 15.7. The van der Waals surface area contributed by atoms with Crippen LogP contribution in [0.2, 0.25) is 0 Å². The van der Waals surface area contributed by atoms with Gasteiger partial charge in [0.15, 0.2) is 0 Å². The van der Waals surface area contributed by atoms with E-state index in [9.17, 15) is 0 Å². The molecule has 0 aliphatic rings. The van der Waals surface area contributed by atoms with Crippen molar-refractivity contribution in [2.45, 2.75) is 86.7 Å². The lowest BCUT2D eigenvalue weighted by Crippen LogP contribution is -2.27. The van der Waals surface area contributed by atoms with Crippen molar-refractivity contribution >= 4 is 0 Å². The van der Waals surface area contributed by atoms with Gasteiger partial charge in [-0.15, -0.1) is 0 Å². The largest absolute Gasteiger partial charge is 0.379 e. The molecule has 0 amide bonds. The van der Waals surface area contributed by atoms with Crippen LogP contribution in [0.4, 0.5) is 0 Å². The van der Waals surface area contributed by atoms with E-state index >= 15 is 0 Å². The molecular formula is C19H40O2. The Bertz CT molecular complexity index is 232. The van der Waals surface area contributed by atoms with Gasteiger partial charge in [0, 0.05) is 13.2 Å². The highest BCUT2D eigenvalue weighted by atomic mass is 16.5. The highest BCUT2D eigenvalue weighted by Crippen LogP contribution is 2.23. The summed E-state index contributed by atoms with van der Waals surface area (Å²) in [4.78, 5) is 0. The third-order valence-corrected chi connectivity index (χ3v) is 4.26. The summed E-state index contributed by atoms with van der Waals surface area (Å²) in [5, 5.41) is 0. The number of ether oxygens (including phenoxy) is 2. The quantitative estimate of drug-likeness (QED) is 0.431. The highest BCUT2D eigenvalue weighted by molar-refractivity contribution is 4.69. The molecule has 0 radical (unpaired) electrons. The van der Waals surface area contributed by atoms with E-state index in [1.165, 1.54) is 12.8 Å². The summed E-state index contributed by atoms with van der Waals surface area (Å²) in [7, 11) is 0. The summed E-state index contributed by atoms with van der Waals surface area (Å²) in [5.41, 5.74) is 0.293. The van der Waals surface area contributed by atoms with E-state index in [-0.39, 0.29) is 6.10 Å². The maximum Gasteiger partial charge on any atom is 0.0813 e. The standard InChI is InChI=1S/C19H40O2/c1-8-16(3)10-12-20-15-18(14-19(5,6)7)21-13-11-17(4)9-2/h16-18H,8-15H2,1-7H3. The van der Waals surface area contributed by atoms with Gasteiger partial charge >= 0.3 is 0 Å². The van der Waals surface area contributed by atoms with Crippen molar-refractivity contribution in [3.63, 3.8) is 0 Å². The molecule has 0 saturated heterocycles. The van der Waals surface area contributed by atoms with Crippen molar-refractivity contribution in [2.75, 3.05) is 19.8 Å². The summed E-state index contributed by atoms with van der Waals surface area (Å²) in [6.45, 7) is 18.4. The molecule has 21 heavy (non-hydrogen) atoms. The second kappa shape index (κ2) is 11.5. The average Bonchev–Trinajstić information content (AvgIpc) is 2.40. The summed E-state index contributed by atoms with van der Waals surface area (Å²) in [5.74, 6) is 1.52. The Balaban J connectivity index is 4.03. The van der Waals surface area contributed by atoms with Crippen LogP contribution in [-0.2, 0) is 9.47 Å². The molecular weight excluding hydrogens is 260 g/mol. The molecule has 2 heteroatoms. The minimum absolute atomic E-state index is 0.242. The molecule has 0 aromatic rings. The topological polar surface area (TPSA) is 18.5 Å². The van der Waals surface area contributed by atoms with E-state index in [0.29, 0.717) is 5.41 Å². The Morgan fingerprint density at radius 1 is 0.857 bits per heavy atom. The smallest absolute Gasteiger partial charge is 0.0813 e. The molecule has 0 aliphatic carbocycles. The Morgan fingerprint density at radius 3 is 1.86 bits per heavy atom. The van der Waals surface area contributed by atoms with Gasteiger partial charge in [0.2, 0.25) is 0 Å². The molecule has 0 rings (SSSR count). The number of hydrogen-bond donors (Lipinski definition) is 0. The van der Waals surface area contributed by atoms with Crippen LogP contribution in [0.3, 0.4) is 0 Å². The number of hydrogen-bond acceptors (Lipinski definition) is 2. The Kier molecular flexibility index (Phi) is 11.4. The molecule has 0 bridgehead atoms. The predicted molar refractivity (Wildman–Crippen MR) is 92.8 cm³/mol. The van der Waals surface area contributed by atoms with E-state index in [1.54, 1.807) is 0 Å². The number of rotatable bonds is 12. The van der Waals surface area contributed by atoms with Gasteiger partial charge in [-0.05, 0) is 36.5 Å². The molecule has 2 nitrogen and oxygen atoms in total. The lowest BCUT2D eigenvalue weighted by molar-refractivity contribution is -0.0396. The van der Waals surface area contributed by atoms with Gasteiger partial charge in [0.25, 0.3) is 0 Å². The molecule has 0 heterocycles. The maximum absolute atomic E-state index is 6.10. The van der Waals surface area contributed by atoms with Gasteiger partial charge < -0.3 is 9.47 Å². The molecule has 0 spiro atoms. The summed E-state index contributed by atoms with van der Waals surface area (Å²) >= 11 is 0. The zero-order valence-corrected chi connectivity index (χ0v) is 15.7. The van der Waals surface area contributed by atoms with Crippen molar-refractivity contribution in [3.05, 3.63) is 0 Å². The van der Waals surface area contributed by atoms with Crippen molar-refractivity contribution < 1.29 is 9.47 Å². The fourth-order valence-corrected chi connectivity index (χ4v) is 2.19. The van der Waals surface area contributed by atoms with Gasteiger partial charge in [0.05, 0.1) is 12.7 Å². The van der Waals surface area contributed by atoms with Gasteiger partial charge in [-0.25, -0.2) is 0 Å². The van der Waals surface area contributed by atoms with Crippen molar-refractivity contribution in [1.29, 1.82) is 0 Å². The highest BCUT2D eigenvalue weighted by Gasteiger charge is 2.19. The first kappa shape index (κ1) is 20.9. The SMILES string of the molecule is CCC(C)CCOCC(CC(C)(C)C)OCCC(C)CC. The molecule has 0 N–H and O–H groups in total. The summed E-state index contributed by atoms with van der Waals surface area (Å²) in [6, 6.07) is 0. The molecule has 0 aromatic heterocycles. The van der Waals surface area contributed by atoms with E-state index < -0.39 is 0 Å². The van der Waals surface area contributed by atoms with E-state index in [4.69, 9.17) is 9.47 Å². The van der Waals surface area contributed by atoms with E-state index in [0.717, 1.165) is 50.9 Å². The molecule has 0 saturated carbocycles. The normalized spacial score (nSPS) is 16.7. The van der Waals surface area contributed by atoms with Crippen LogP contribution >= 0.6 is 0 Å². The first-order valence-corrected chi connectivity index (χ1v) is 8.97. The predicted octanol–water partition coefficient (Wildman–Crippen LogP) is 5.70. The zero-order chi connectivity index (χ0) is 16.3. The Hall–Kier alpha value is -0.0800. The lowest BCUT2D eigenvalue weighted by Gasteiger charge is -2.26. The summed E-state index contributed by atoms with van der Waals surface area (Å²) in [6.07, 6.45) is 6.09. The van der Waals surface area contributed by atoms with Crippen LogP contribution in [0, 0.1) is 17.3 Å². The Labute approximate surface area is 134 Å². The summed E-state index contributed by atoms with van der Waals surface area (Å²) < 4.78 is 12.0. The Morgan fingerprint density at radius 2 is 1.38 bits per heavy atom. The minimum atomic E-state index is 0.242. The van der Waals surface area contributed by atoms with Gasteiger partial charge in [-0.1, -0.05) is 61.3 Å². The van der Waals surface area contributed by atoms with Crippen molar-refractivity contribution in [2.24, 2.45) is 17.3 Å². The second-order valence-corrected chi connectivity index (χ2v) is 7.94. The fourth-order valence-electron chi connectivity index (χ4n) is 2.19. The van der Waals surface area contributed by atoms with Gasteiger partial charge in [0.1, 0.15) is 0 Å². The lowest BCUT2D eigenvalue weighted by atomic mass is 9.89. The van der Waals surface area contributed by atoms with Crippen LogP contribution < -0.4 is 0 Å². The second-order valence-electron chi connectivity index (χ2n) is 7.94. The first-order chi connectivity index (χ1) is 9.78. The van der Waals surface area contributed by atoms with E-state index in [2.05, 4.69) is 48.5 Å². The molecule has 0 aromatic carbocycles. The van der Waals surface area contributed by atoms with Crippen LogP contribution in [0.15, 0.2) is 0 Å². The van der Waals surface area contributed by atoms with Gasteiger partial charge in [-0.2, -0.15) is 0 Å². The van der Waals surface area contributed by atoms with Crippen LogP contribution in [0.25, 0.3) is 0 Å². The van der Waals surface area contributed by atoms with Crippen molar-refractivity contribution in [3.8, 4) is 0 Å². The van der Waals surface area contributed by atoms with Gasteiger partial charge in [-0.3, -0.25) is 0 Å². The van der Waals surface area contributed by atoms with Crippen LogP contribution in [0.1, 0.15) is 80.6 Å². The third kappa shape index (κ3) is 13.3. The van der Waals surface area contributed by atoms with Crippen molar-refractivity contribution in [1.82, 2.24) is 0 Å². The first-order valence-electron chi connectivity index (χ1n) is 8.97. The molecule has 0 fully saturated rings. The maximum atomic E-state index is 6.10. The molecule has 0 aliphatic heterocycles. The third-order valence-electron chi connectivity index (χ3n) is 4.26. The van der Waals surface area contributed by atoms with Crippen LogP contribution in [-0.4, -0.2) is 25.9 Å². The average molecular weight is 301 g/mol.